The van der Waals surface area contributed by atoms with Crippen molar-refractivity contribution < 1.29 is 9.36 Å². The number of rotatable bonds is 3. The van der Waals surface area contributed by atoms with Crippen molar-refractivity contribution in [3.63, 3.8) is 0 Å². The lowest BCUT2D eigenvalue weighted by molar-refractivity contribution is -0.645. The third kappa shape index (κ3) is 2.40. The Bertz CT molecular complexity index is 747. The van der Waals surface area contributed by atoms with E-state index < -0.39 is 0 Å². The molecule has 20 heavy (non-hydrogen) atoms. The Morgan fingerprint density at radius 3 is 2.60 bits per heavy atom. The second-order valence-electron chi connectivity index (χ2n) is 4.76. The highest BCUT2D eigenvalue weighted by molar-refractivity contribution is 5.91. The maximum atomic E-state index is 12.1. The maximum absolute atomic E-state index is 12.1. The van der Waals surface area contributed by atoms with Gasteiger partial charge >= 0.3 is 0 Å². The minimum Gasteiger partial charge on any atom is -0.323 e. The molecule has 0 atom stereocenters. The van der Waals surface area contributed by atoms with Gasteiger partial charge in [-0.25, -0.2) is 9.13 Å². The van der Waals surface area contributed by atoms with E-state index in [1.807, 2.05) is 77.1 Å². The number of benzene rings is 2. The van der Waals surface area contributed by atoms with Crippen molar-refractivity contribution in [2.75, 3.05) is 5.32 Å². The first-order chi connectivity index (χ1) is 9.74. The van der Waals surface area contributed by atoms with Gasteiger partial charge in [-0.05, 0) is 24.3 Å². The minimum atomic E-state index is -0.0300. The second kappa shape index (κ2) is 5.17. The summed E-state index contributed by atoms with van der Waals surface area (Å²) in [5.74, 6) is -0.0300. The molecule has 3 aromatic rings. The standard InChI is InChI=1S/C16H15N3O/c1-18-12-19(15-10-6-5-9-14(15)18)11-16(20)17-13-7-3-2-4-8-13/h2-10,12H,11H2,1H3/p+1. The highest BCUT2D eigenvalue weighted by Gasteiger charge is 2.15. The number of nitrogens with zero attached hydrogens (tertiary/aromatic N) is 2. The normalized spacial score (nSPS) is 10.7. The van der Waals surface area contributed by atoms with Crippen LogP contribution in [0.15, 0.2) is 60.9 Å². The van der Waals surface area contributed by atoms with E-state index in [1.165, 1.54) is 0 Å². The summed E-state index contributed by atoms with van der Waals surface area (Å²) < 4.78 is 3.97. The largest absolute Gasteiger partial charge is 0.323 e. The average Bonchev–Trinajstić information content (AvgIpc) is 2.77. The molecule has 0 spiro atoms. The number of hydrogen-bond acceptors (Lipinski definition) is 1. The molecule has 0 aliphatic heterocycles. The van der Waals surface area contributed by atoms with Crippen LogP contribution in [0.3, 0.4) is 0 Å². The Labute approximate surface area is 117 Å². The van der Waals surface area contributed by atoms with E-state index in [2.05, 4.69) is 5.32 Å². The molecule has 1 N–H and O–H groups in total. The lowest BCUT2D eigenvalue weighted by Crippen LogP contribution is -2.26. The number of imidazole rings is 1. The summed E-state index contributed by atoms with van der Waals surface area (Å²) in [6.07, 6.45) is 1.94. The molecule has 0 fully saturated rings. The number of carbonyl (C=O) groups excluding carboxylic acids is 1. The first kappa shape index (κ1) is 12.4. The quantitative estimate of drug-likeness (QED) is 0.724. The van der Waals surface area contributed by atoms with E-state index in [0.717, 1.165) is 16.7 Å². The third-order valence-electron chi connectivity index (χ3n) is 3.26. The van der Waals surface area contributed by atoms with E-state index >= 15 is 0 Å². The molecule has 0 aliphatic carbocycles. The predicted molar refractivity (Wildman–Crippen MR) is 78.2 cm³/mol. The molecule has 0 saturated carbocycles. The number of para-hydroxylation sites is 3. The van der Waals surface area contributed by atoms with Gasteiger partial charge in [0.05, 0.1) is 7.05 Å². The van der Waals surface area contributed by atoms with Crippen molar-refractivity contribution in [1.29, 1.82) is 0 Å². The number of anilines is 1. The summed E-state index contributed by atoms with van der Waals surface area (Å²) in [7, 11) is 1.98. The molecule has 0 unspecified atom stereocenters. The van der Waals surface area contributed by atoms with Crippen LogP contribution in [0.2, 0.25) is 0 Å². The SMILES string of the molecule is C[n+]1cn(CC(=O)Nc2ccccc2)c2ccccc21. The fraction of sp³-hybridized carbons (Fsp3) is 0.125. The Balaban J connectivity index is 1.81. The van der Waals surface area contributed by atoms with E-state index in [0.29, 0.717) is 6.54 Å². The number of aryl methyl sites for hydroxylation is 1. The number of nitrogens with one attached hydrogen (secondary N) is 1. The van der Waals surface area contributed by atoms with Gasteiger partial charge in [-0.3, -0.25) is 4.79 Å². The fourth-order valence-electron chi connectivity index (χ4n) is 2.34. The Morgan fingerprint density at radius 1 is 1.10 bits per heavy atom. The molecule has 1 aromatic heterocycles. The molecule has 4 nitrogen and oxygen atoms in total. The van der Waals surface area contributed by atoms with Crippen molar-refractivity contribution in [3.8, 4) is 0 Å². The zero-order valence-corrected chi connectivity index (χ0v) is 11.3. The molecule has 2 aromatic carbocycles. The zero-order chi connectivity index (χ0) is 13.9. The first-order valence-electron chi connectivity index (χ1n) is 6.52. The van der Waals surface area contributed by atoms with Crippen molar-refractivity contribution in [3.05, 3.63) is 60.9 Å². The number of amides is 1. The smallest absolute Gasteiger partial charge is 0.266 e. The van der Waals surface area contributed by atoms with Crippen LogP contribution < -0.4 is 9.88 Å². The number of carbonyl (C=O) groups is 1. The van der Waals surface area contributed by atoms with Crippen LogP contribution in [0.5, 0.6) is 0 Å². The van der Waals surface area contributed by atoms with Gasteiger partial charge in [0.25, 0.3) is 5.91 Å². The summed E-state index contributed by atoms with van der Waals surface area (Å²) in [4.78, 5) is 12.1. The van der Waals surface area contributed by atoms with Gasteiger partial charge in [-0.1, -0.05) is 30.3 Å². The second-order valence-corrected chi connectivity index (χ2v) is 4.76. The number of fused-ring (bicyclic) bond motifs is 1. The summed E-state index contributed by atoms with van der Waals surface area (Å²) in [5, 5.41) is 2.90. The fourth-order valence-corrected chi connectivity index (χ4v) is 2.34. The molecule has 4 heteroatoms. The summed E-state index contributed by atoms with van der Waals surface area (Å²) in [6, 6.07) is 17.5. The highest BCUT2D eigenvalue weighted by Crippen LogP contribution is 2.11. The molecule has 1 amide bonds. The lowest BCUT2D eigenvalue weighted by atomic mass is 10.3. The van der Waals surface area contributed by atoms with E-state index in [1.54, 1.807) is 0 Å². The molecular weight excluding hydrogens is 250 g/mol. The van der Waals surface area contributed by atoms with Crippen LogP contribution in [0, 0.1) is 0 Å². The Kier molecular flexibility index (Phi) is 3.21. The molecule has 0 saturated heterocycles. The molecule has 3 rings (SSSR count). The predicted octanol–water partition coefficient (Wildman–Crippen LogP) is 2.10. The molecule has 0 aliphatic rings. The number of aromatic nitrogens is 2. The van der Waals surface area contributed by atoms with Crippen LogP contribution in [-0.2, 0) is 18.4 Å². The van der Waals surface area contributed by atoms with Gasteiger partial charge in [0.15, 0.2) is 17.6 Å². The molecule has 1 heterocycles. The molecule has 0 bridgehead atoms. The van der Waals surface area contributed by atoms with Crippen LogP contribution in [0.25, 0.3) is 11.0 Å². The molecular formula is C16H16N3O+. The topological polar surface area (TPSA) is 37.9 Å². The van der Waals surface area contributed by atoms with E-state index in [4.69, 9.17) is 0 Å². The highest BCUT2D eigenvalue weighted by atomic mass is 16.1. The van der Waals surface area contributed by atoms with Gasteiger partial charge in [0.2, 0.25) is 6.33 Å². The third-order valence-corrected chi connectivity index (χ3v) is 3.26. The van der Waals surface area contributed by atoms with Crippen LogP contribution in [-0.4, -0.2) is 10.5 Å². The number of hydrogen-bond donors (Lipinski definition) is 1. The van der Waals surface area contributed by atoms with E-state index in [-0.39, 0.29) is 5.91 Å². The summed E-state index contributed by atoms with van der Waals surface area (Å²) >= 11 is 0. The van der Waals surface area contributed by atoms with Gasteiger partial charge in [-0.2, -0.15) is 0 Å². The summed E-state index contributed by atoms with van der Waals surface area (Å²) in [6.45, 7) is 0.302. The van der Waals surface area contributed by atoms with Gasteiger partial charge < -0.3 is 5.32 Å². The molecule has 100 valence electrons. The minimum absolute atomic E-state index is 0.0300. The monoisotopic (exact) mass is 266 g/mol. The summed E-state index contributed by atoms with van der Waals surface area (Å²) in [5.41, 5.74) is 2.98. The van der Waals surface area contributed by atoms with Crippen molar-refractivity contribution >= 4 is 22.6 Å². The van der Waals surface area contributed by atoms with Crippen LogP contribution in [0.4, 0.5) is 5.69 Å². The van der Waals surface area contributed by atoms with E-state index in [9.17, 15) is 4.79 Å². The zero-order valence-electron chi connectivity index (χ0n) is 11.3. The molecule has 0 radical (unpaired) electrons. The van der Waals surface area contributed by atoms with Crippen LogP contribution >= 0.6 is 0 Å². The van der Waals surface area contributed by atoms with Gasteiger partial charge in [-0.15, -0.1) is 0 Å². The van der Waals surface area contributed by atoms with Gasteiger partial charge in [0.1, 0.15) is 0 Å². The maximum Gasteiger partial charge on any atom is 0.266 e. The lowest BCUT2D eigenvalue weighted by Gasteiger charge is -2.03. The average molecular weight is 266 g/mol. The first-order valence-corrected chi connectivity index (χ1v) is 6.52. The van der Waals surface area contributed by atoms with Crippen molar-refractivity contribution in [2.45, 2.75) is 6.54 Å². The van der Waals surface area contributed by atoms with Gasteiger partial charge in [0, 0.05) is 5.69 Å². The Hall–Kier alpha value is -2.62. The van der Waals surface area contributed by atoms with Crippen molar-refractivity contribution in [1.82, 2.24) is 4.57 Å². The van der Waals surface area contributed by atoms with Crippen LogP contribution in [0.1, 0.15) is 0 Å². The Morgan fingerprint density at radius 2 is 1.80 bits per heavy atom. The van der Waals surface area contributed by atoms with Crippen molar-refractivity contribution in [2.24, 2.45) is 7.05 Å².